The Bertz CT molecular complexity index is 805. The second kappa shape index (κ2) is 6.21. The zero-order valence-electron chi connectivity index (χ0n) is 13.3. The fourth-order valence-electron chi connectivity index (χ4n) is 2.98. The molecule has 2 aromatic carbocycles. The lowest BCUT2D eigenvalue weighted by Crippen LogP contribution is -2.35. The minimum atomic E-state index is -0.385. The minimum Gasteiger partial charge on any atom is -0.345 e. The van der Waals surface area contributed by atoms with Crippen molar-refractivity contribution in [2.24, 2.45) is 0 Å². The molecular formula is C20H19NO2. The molecule has 3 rings (SSSR count). The zero-order valence-corrected chi connectivity index (χ0v) is 13.3. The first kappa shape index (κ1) is 15.2. The Labute approximate surface area is 136 Å². The number of ketones is 1. The molecule has 1 aliphatic heterocycles. The van der Waals surface area contributed by atoms with Crippen LogP contribution in [0.2, 0.25) is 0 Å². The molecule has 1 aliphatic rings. The van der Waals surface area contributed by atoms with Crippen LogP contribution in [-0.2, 0) is 4.79 Å². The Morgan fingerprint density at radius 1 is 1.00 bits per heavy atom. The molecule has 0 saturated heterocycles. The van der Waals surface area contributed by atoms with Crippen molar-refractivity contribution in [3.63, 3.8) is 0 Å². The molecule has 116 valence electrons. The molecule has 1 amide bonds. The summed E-state index contributed by atoms with van der Waals surface area (Å²) in [6.07, 6.45) is 2.01. The summed E-state index contributed by atoms with van der Waals surface area (Å²) in [6.45, 7) is 3.92. The highest BCUT2D eigenvalue weighted by atomic mass is 16.2. The number of aryl methyl sites for hydroxylation is 2. The van der Waals surface area contributed by atoms with Crippen molar-refractivity contribution in [3.05, 3.63) is 82.4 Å². The Balaban J connectivity index is 2.05. The first-order valence-electron chi connectivity index (χ1n) is 7.73. The third kappa shape index (κ3) is 2.95. The van der Waals surface area contributed by atoms with Gasteiger partial charge in [-0.2, -0.15) is 0 Å². The van der Waals surface area contributed by atoms with Crippen LogP contribution in [0.5, 0.6) is 0 Å². The molecule has 3 heteroatoms. The van der Waals surface area contributed by atoms with E-state index < -0.39 is 0 Å². The SMILES string of the molecule is Cc1ccccc1C(=O)C1=CCC(=O)NC1c1ccccc1C. The number of Topliss-reactive ketones (excluding diaryl/α,β-unsaturated/α-hetero) is 1. The predicted molar refractivity (Wildman–Crippen MR) is 90.3 cm³/mol. The van der Waals surface area contributed by atoms with Crippen LogP contribution in [0.3, 0.4) is 0 Å². The molecule has 0 saturated carbocycles. The molecule has 23 heavy (non-hydrogen) atoms. The van der Waals surface area contributed by atoms with E-state index >= 15 is 0 Å². The lowest BCUT2D eigenvalue weighted by Gasteiger charge is -2.27. The van der Waals surface area contributed by atoms with Crippen molar-refractivity contribution in [1.29, 1.82) is 0 Å². The van der Waals surface area contributed by atoms with E-state index in [-0.39, 0.29) is 24.2 Å². The van der Waals surface area contributed by atoms with Crippen molar-refractivity contribution in [3.8, 4) is 0 Å². The highest BCUT2D eigenvalue weighted by Crippen LogP contribution is 2.30. The van der Waals surface area contributed by atoms with Crippen LogP contribution >= 0.6 is 0 Å². The van der Waals surface area contributed by atoms with Gasteiger partial charge in [0.05, 0.1) is 6.04 Å². The van der Waals surface area contributed by atoms with Crippen LogP contribution < -0.4 is 5.32 Å². The highest BCUT2D eigenvalue weighted by Gasteiger charge is 2.29. The Morgan fingerprint density at radius 3 is 2.35 bits per heavy atom. The Hall–Kier alpha value is -2.68. The zero-order chi connectivity index (χ0) is 16.4. The number of benzene rings is 2. The van der Waals surface area contributed by atoms with Gasteiger partial charge < -0.3 is 5.32 Å². The van der Waals surface area contributed by atoms with Crippen molar-refractivity contribution >= 4 is 11.7 Å². The monoisotopic (exact) mass is 305 g/mol. The van der Waals surface area contributed by atoms with Gasteiger partial charge in [-0.1, -0.05) is 54.6 Å². The van der Waals surface area contributed by atoms with Crippen molar-refractivity contribution in [2.45, 2.75) is 26.3 Å². The maximum Gasteiger partial charge on any atom is 0.224 e. The molecule has 1 heterocycles. The van der Waals surface area contributed by atoms with E-state index in [0.717, 1.165) is 16.7 Å². The number of rotatable bonds is 3. The molecule has 1 N–H and O–H groups in total. The quantitative estimate of drug-likeness (QED) is 0.879. The van der Waals surface area contributed by atoms with E-state index in [1.54, 1.807) is 6.08 Å². The second-order valence-electron chi connectivity index (χ2n) is 5.86. The van der Waals surface area contributed by atoms with Gasteiger partial charge in [-0.15, -0.1) is 0 Å². The van der Waals surface area contributed by atoms with Crippen LogP contribution in [0.1, 0.15) is 39.5 Å². The molecule has 0 aromatic heterocycles. The van der Waals surface area contributed by atoms with Crippen LogP contribution in [0.15, 0.2) is 60.2 Å². The van der Waals surface area contributed by atoms with Crippen LogP contribution in [0.4, 0.5) is 0 Å². The highest BCUT2D eigenvalue weighted by molar-refractivity contribution is 6.11. The maximum atomic E-state index is 13.0. The summed E-state index contributed by atoms with van der Waals surface area (Å²) >= 11 is 0. The Kier molecular flexibility index (Phi) is 4.11. The van der Waals surface area contributed by atoms with Crippen molar-refractivity contribution < 1.29 is 9.59 Å². The van der Waals surface area contributed by atoms with Gasteiger partial charge in [0.2, 0.25) is 5.91 Å². The van der Waals surface area contributed by atoms with E-state index in [1.165, 1.54) is 0 Å². The van der Waals surface area contributed by atoms with E-state index in [4.69, 9.17) is 0 Å². The van der Waals surface area contributed by atoms with Gasteiger partial charge >= 0.3 is 0 Å². The number of amides is 1. The standard InChI is InChI=1S/C20H19NO2/c1-13-7-3-5-9-15(13)19-17(11-12-18(22)21-19)20(23)16-10-6-4-8-14(16)2/h3-11,19H,12H2,1-2H3,(H,21,22). The first-order chi connectivity index (χ1) is 11.1. The van der Waals surface area contributed by atoms with Crippen LogP contribution in [-0.4, -0.2) is 11.7 Å². The summed E-state index contributed by atoms with van der Waals surface area (Å²) in [7, 11) is 0. The summed E-state index contributed by atoms with van der Waals surface area (Å²) in [4.78, 5) is 24.9. The molecule has 2 aromatic rings. The van der Waals surface area contributed by atoms with Gasteiger partial charge in [0.25, 0.3) is 0 Å². The number of hydrogen-bond donors (Lipinski definition) is 1. The molecule has 0 bridgehead atoms. The molecule has 3 nitrogen and oxygen atoms in total. The molecule has 1 unspecified atom stereocenters. The van der Waals surface area contributed by atoms with Gasteiger partial charge in [0.1, 0.15) is 0 Å². The smallest absolute Gasteiger partial charge is 0.224 e. The van der Waals surface area contributed by atoms with Crippen LogP contribution in [0, 0.1) is 13.8 Å². The predicted octanol–water partition coefficient (Wildman–Crippen LogP) is 3.67. The molecule has 0 radical (unpaired) electrons. The topological polar surface area (TPSA) is 46.2 Å². The van der Waals surface area contributed by atoms with Crippen molar-refractivity contribution in [2.75, 3.05) is 0 Å². The molecule has 0 aliphatic carbocycles. The maximum absolute atomic E-state index is 13.0. The summed E-state index contributed by atoms with van der Waals surface area (Å²) in [6, 6.07) is 15.0. The number of nitrogens with one attached hydrogen (secondary N) is 1. The average Bonchev–Trinajstić information content (AvgIpc) is 2.55. The summed E-state index contributed by atoms with van der Waals surface area (Å²) in [5.41, 5.74) is 4.30. The third-order valence-corrected chi connectivity index (χ3v) is 4.28. The fourth-order valence-corrected chi connectivity index (χ4v) is 2.98. The van der Waals surface area contributed by atoms with Gasteiger partial charge in [0, 0.05) is 17.6 Å². The van der Waals surface area contributed by atoms with E-state index in [1.807, 2.05) is 62.4 Å². The first-order valence-corrected chi connectivity index (χ1v) is 7.73. The number of carbonyl (C=O) groups excluding carboxylic acids is 2. The van der Waals surface area contributed by atoms with Gasteiger partial charge in [0.15, 0.2) is 5.78 Å². The van der Waals surface area contributed by atoms with Crippen LogP contribution in [0.25, 0.3) is 0 Å². The average molecular weight is 305 g/mol. The Morgan fingerprint density at radius 2 is 1.65 bits per heavy atom. The molecular weight excluding hydrogens is 286 g/mol. The second-order valence-corrected chi connectivity index (χ2v) is 5.86. The van der Waals surface area contributed by atoms with Crippen molar-refractivity contribution in [1.82, 2.24) is 5.32 Å². The lowest BCUT2D eigenvalue weighted by molar-refractivity contribution is -0.121. The third-order valence-electron chi connectivity index (χ3n) is 4.28. The minimum absolute atomic E-state index is 0.0173. The summed E-state index contributed by atoms with van der Waals surface area (Å²) in [5.74, 6) is -0.0732. The summed E-state index contributed by atoms with van der Waals surface area (Å²) in [5, 5.41) is 2.97. The molecule has 0 fully saturated rings. The van der Waals surface area contributed by atoms with Gasteiger partial charge in [-0.3, -0.25) is 9.59 Å². The molecule has 1 atom stereocenters. The molecule has 0 spiro atoms. The normalized spacial score (nSPS) is 17.4. The summed E-state index contributed by atoms with van der Waals surface area (Å²) < 4.78 is 0. The number of carbonyl (C=O) groups is 2. The fraction of sp³-hybridized carbons (Fsp3) is 0.200. The van der Waals surface area contributed by atoms with E-state index in [0.29, 0.717) is 11.1 Å². The lowest BCUT2D eigenvalue weighted by atomic mass is 9.86. The van der Waals surface area contributed by atoms with Gasteiger partial charge in [-0.25, -0.2) is 0 Å². The van der Waals surface area contributed by atoms with Gasteiger partial charge in [-0.05, 0) is 30.5 Å². The van der Waals surface area contributed by atoms with E-state index in [2.05, 4.69) is 5.32 Å². The number of hydrogen-bond acceptors (Lipinski definition) is 2. The largest absolute Gasteiger partial charge is 0.345 e. The van der Waals surface area contributed by atoms with E-state index in [9.17, 15) is 9.59 Å².